The van der Waals surface area contributed by atoms with E-state index in [9.17, 15) is 10.1 Å². The number of anilines is 1. The topological polar surface area (TPSA) is 99.4 Å². The van der Waals surface area contributed by atoms with Gasteiger partial charge in [-0.25, -0.2) is 0 Å². The number of thioether (sulfide) groups is 1. The molecule has 1 aliphatic rings. The van der Waals surface area contributed by atoms with Crippen LogP contribution < -0.4 is 10.1 Å². The number of aromatic nitrogens is 2. The van der Waals surface area contributed by atoms with Gasteiger partial charge >= 0.3 is 0 Å². The van der Waals surface area contributed by atoms with Crippen LogP contribution in [0.1, 0.15) is 16.7 Å². The molecule has 0 bridgehead atoms. The molecule has 3 aromatic rings. The zero-order chi connectivity index (χ0) is 19.3. The van der Waals surface area contributed by atoms with Crippen molar-refractivity contribution in [3.05, 3.63) is 69.3 Å². The summed E-state index contributed by atoms with van der Waals surface area (Å²) in [5.74, 6) is 1.16. The number of fused-ring (bicyclic) bond motifs is 1. The fraction of sp³-hybridized carbons (Fsp3) is 0.222. The molecule has 4 rings (SSSR count). The van der Waals surface area contributed by atoms with Crippen LogP contribution in [0.15, 0.2) is 46.8 Å². The van der Waals surface area contributed by atoms with Gasteiger partial charge in [-0.15, -0.1) is 10.2 Å². The van der Waals surface area contributed by atoms with Crippen LogP contribution in [0.3, 0.4) is 0 Å². The molecule has 1 aliphatic heterocycles. The van der Waals surface area contributed by atoms with Crippen LogP contribution in [0.25, 0.3) is 0 Å². The van der Waals surface area contributed by atoms with Crippen molar-refractivity contribution in [2.45, 2.75) is 23.2 Å². The van der Waals surface area contributed by atoms with E-state index in [2.05, 4.69) is 15.5 Å². The summed E-state index contributed by atoms with van der Waals surface area (Å²) in [4.78, 5) is 10.8. The summed E-state index contributed by atoms with van der Waals surface area (Å²) in [6, 6.07) is 13.1. The number of nitrogens with zero attached hydrogens (tertiary/aromatic N) is 3. The van der Waals surface area contributed by atoms with Crippen molar-refractivity contribution in [2.75, 3.05) is 12.1 Å². The molecule has 0 unspecified atom stereocenters. The second-order valence-corrected chi connectivity index (χ2v) is 8.16. The molecule has 0 spiro atoms. The molecule has 8 nitrogen and oxygen atoms in total. The number of nitro benzene ring substituents is 1. The van der Waals surface area contributed by atoms with E-state index in [0.717, 1.165) is 20.6 Å². The zero-order valence-electron chi connectivity index (χ0n) is 14.7. The van der Waals surface area contributed by atoms with Crippen molar-refractivity contribution < 1.29 is 14.4 Å². The van der Waals surface area contributed by atoms with Gasteiger partial charge in [-0.3, -0.25) is 10.1 Å². The lowest BCUT2D eigenvalue weighted by molar-refractivity contribution is -0.385. The first-order valence-corrected chi connectivity index (χ1v) is 10.2. The standard InChI is InChI=1S/C18H16N4O4S2/c23-22(24)15-6-13-9-25-11-26-16(13)14(7-15)10-27-18-21-20-17(28-18)19-8-12-4-2-1-3-5-12/h1-7H,8-11H2,(H,19,20). The monoisotopic (exact) mass is 416 g/mol. The number of rotatable bonds is 7. The number of nitro groups is 1. The molecule has 0 amide bonds. The minimum absolute atomic E-state index is 0.0333. The third-order valence-electron chi connectivity index (χ3n) is 4.03. The molecule has 1 N–H and O–H groups in total. The first kappa shape index (κ1) is 18.7. The van der Waals surface area contributed by atoms with Gasteiger partial charge in [-0.2, -0.15) is 0 Å². The summed E-state index contributed by atoms with van der Waals surface area (Å²) >= 11 is 2.92. The second-order valence-electron chi connectivity index (χ2n) is 5.96. The molecular weight excluding hydrogens is 400 g/mol. The lowest BCUT2D eigenvalue weighted by atomic mass is 10.1. The SMILES string of the molecule is O=[N+]([O-])c1cc2c(c(CSc3nnc(NCc4ccccc4)s3)c1)OCOC2. The van der Waals surface area contributed by atoms with E-state index in [1.807, 2.05) is 30.3 Å². The Morgan fingerprint density at radius 3 is 2.93 bits per heavy atom. The number of benzene rings is 2. The minimum atomic E-state index is -0.403. The normalized spacial score (nSPS) is 12.9. The van der Waals surface area contributed by atoms with Crippen molar-refractivity contribution >= 4 is 33.9 Å². The zero-order valence-corrected chi connectivity index (χ0v) is 16.3. The van der Waals surface area contributed by atoms with Crippen LogP contribution >= 0.6 is 23.1 Å². The summed E-state index contributed by atoms with van der Waals surface area (Å²) in [6.45, 7) is 1.13. The summed E-state index contributed by atoms with van der Waals surface area (Å²) < 4.78 is 11.6. The summed E-state index contributed by atoms with van der Waals surface area (Å²) in [5.41, 5.74) is 2.64. The van der Waals surface area contributed by atoms with Crippen LogP contribution in [0.4, 0.5) is 10.8 Å². The highest BCUT2D eigenvalue weighted by Gasteiger charge is 2.21. The number of hydrogen-bond acceptors (Lipinski definition) is 9. The molecular formula is C18H16N4O4S2. The largest absolute Gasteiger partial charge is 0.467 e. The number of hydrogen-bond donors (Lipinski definition) is 1. The number of nitrogens with one attached hydrogen (secondary N) is 1. The van der Waals surface area contributed by atoms with E-state index in [1.165, 1.54) is 29.2 Å². The van der Waals surface area contributed by atoms with Crippen molar-refractivity contribution in [2.24, 2.45) is 0 Å². The predicted molar refractivity (Wildman–Crippen MR) is 107 cm³/mol. The molecule has 1 aromatic heterocycles. The van der Waals surface area contributed by atoms with Gasteiger partial charge < -0.3 is 14.8 Å². The van der Waals surface area contributed by atoms with Gasteiger partial charge in [-0.05, 0) is 5.56 Å². The fourth-order valence-corrected chi connectivity index (χ4v) is 4.46. The van der Waals surface area contributed by atoms with E-state index in [1.54, 1.807) is 6.07 Å². The molecule has 28 heavy (non-hydrogen) atoms. The minimum Gasteiger partial charge on any atom is -0.467 e. The summed E-state index contributed by atoms with van der Waals surface area (Å²) in [6.07, 6.45) is 0. The average Bonchev–Trinajstić information content (AvgIpc) is 3.19. The smallest absolute Gasteiger partial charge is 0.270 e. The second kappa shape index (κ2) is 8.55. The first-order valence-electron chi connectivity index (χ1n) is 8.44. The van der Waals surface area contributed by atoms with Gasteiger partial charge in [0.15, 0.2) is 11.1 Å². The molecule has 0 atom stereocenters. The molecule has 0 fully saturated rings. The third kappa shape index (κ3) is 4.41. The van der Waals surface area contributed by atoms with E-state index in [0.29, 0.717) is 30.2 Å². The van der Waals surface area contributed by atoms with E-state index < -0.39 is 4.92 Å². The maximum atomic E-state index is 11.2. The van der Waals surface area contributed by atoms with Gasteiger partial charge in [-0.1, -0.05) is 53.4 Å². The van der Waals surface area contributed by atoms with Gasteiger partial charge in [0.05, 0.1) is 11.5 Å². The van der Waals surface area contributed by atoms with Crippen molar-refractivity contribution in [3.8, 4) is 5.75 Å². The molecule has 0 saturated heterocycles. The maximum absolute atomic E-state index is 11.2. The Labute approximate surface area is 169 Å². The molecule has 0 aliphatic carbocycles. The lowest BCUT2D eigenvalue weighted by Gasteiger charge is -2.20. The van der Waals surface area contributed by atoms with Gasteiger partial charge in [0, 0.05) is 35.6 Å². The fourth-order valence-electron chi connectivity index (χ4n) is 2.75. The number of ether oxygens (including phenoxy) is 2. The maximum Gasteiger partial charge on any atom is 0.270 e. The van der Waals surface area contributed by atoms with Gasteiger partial charge in [0.2, 0.25) is 5.13 Å². The average molecular weight is 416 g/mol. The van der Waals surface area contributed by atoms with E-state index in [-0.39, 0.29) is 12.5 Å². The molecule has 0 radical (unpaired) electrons. The van der Waals surface area contributed by atoms with Crippen molar-refractivity contribution in [3.63, 3.8) is 0 Å². The Hall–Kier alpha value is -2.69. The first-order chi connectivity index (χ1) is 13.7. The molecule has 2 heterocycles. The predicted octanol–water partition coefficient (Wildman–Crippen LogP) is 4.22. The van der Waals surface area contributed by atoms with Crippen LogP contribution in [-0.4, -0.2) is 21.9 Å². The lowest BCUT2D eigenvalue weighted by Crippen LogP contribution is -2.13. The quantitative estimate of drug-likeness (QED) is 0.347. The van der Waals surface area contributed by atoms with Crippen LogP contribution in [-0.2, 0) is 23.6 Å². The summed E-state index contributed by atoms with van der Waals surface area (Å²) in [7, 11) is 0. The highest BCUT2D eigenvalue weighted by Crippen LogP contribution is 2.37. The Balaban J connectivity index is 1.43. The molecule has 0 saturated carbocycles. The van der Waals surface area contributed by atoms with Crippen LogP contribution in [0.2, 0.25) is 0 Å². The highest BCUT2D eigenvalue weighted by atomic mass is 32.2. The Morgan fingerprint density at radius 2 is 2.11 bits per heavy atom. The highest BCUT2D eigenvalue weighted by molar-refractivity contribution is 8.00. The Morgan fingerprint density at radius 1 is 1.25 bits per heavy atom. The molecule has 144 valence electrons. The van der Waals surface area contributed by atoms with Crippen molar-refractivity contribution in [1.82, 2.24) is 10.2 Å². The van der Waals surface area contributed by atoms with Gasteiger partial charge in [0.1, 0.15) is 5.75 Å². The van der Waals surface area contributed by atoms with Crippen LogP contribution in [0.5, 0.6) is 5.75 Å². The Bertz CT molecular complexity index is 981. The van der Waals surface area contributed by atoms with E-state index in [4.69, 9.17) is 9.47 Å². The summed E-state index contributed by atoms with van der Waals surface area (Å²) in [5, 5.41) is 23.5. The number of non-ortho nitro benzene ring substituents is 1. The third-order valence-corrected chi connectivity index (χ3v) is 6.09. The Kier molecular flexibility index (Phi) is 5.70. The molecule has 2 aromatic carbocycles. The molecule has 10 heteroatoms. The van der Waals surface area contributed by atoms with Crippen LogP contribution in [0, 0.1) is 10.1 Å². The van der Waals surface area contributed by atoms with Gasteiger partial charge in [0.25, 0.3) is 5.69 Å². The van der Waals surface area contributed by atoms with E-state index >= 15 is 0 Å². The van der Waals surface area contributed by atoms with Crippen molar-refractivity contribution in [1.29, 1.82) is 0 Å².